The molecule has 21 heavy (non-hydrogen) atoms. The summed E-state index contributed by atoms with van der Waals surface area (Å²) in [6.07, 6.45) is 1.42. The van der Waals surface area contributed by atoms with Gasteiger partial charge in [0.2, 0.25) is 0 Å². The summed E-state index contributed by atoms with van der Waals surface area (Å²) in [5.74, 6) is -0.945. The first-order chi connectivity index (χ1) is 10.1. The second kappa shape index (κ2) is 6.99. The predicted octanol–water partition coefficient (Wildman–Crippen LogP) is 3.19. The highest BCUT2D eigenvalue weighted by atomic mass is 16.4. The van der Waals surface area contributed by atoms with Crippen molar-refractivity contribution in [3.63, 3.8) is 0 Å². The summed E-state index contributed by atoms with van der Waals surface area (Å²) in [5, 5.41) is 8.89. The van der Waals surface area contributed by atoms with Crippen LogP contribution in [0.5, 0.6) is 0 Å². The lowest BCUT2D eigenvalue weighted by atomic mass is 10.1. The Bertz CT molecular complexity index is 579. The monoisotopic (exact) mass is 284 g/mol. The van der Waals surface area contributed by atoms with Gasteiger partial charge in [0, 0.05) is 25.3 Å². The van der Waals surface area contributed by atoms with Gasteiger partial charge in [-0.15, -0.1) is 0 Å². The van der Waals surface area contributed by atoms with Crippen LogP contribution in [0.1, 0.15) is 35.5 Å². The molecule has 0 aliphatic rings. The van der Waals surface area contributed by atoms with Gasteiger partial charge >= 0.3 is 5.97 Å². The van der Waals surface area contributed by atoms with Crippen molar-refractivity contribution >= 4 is 5.97 Å². The molecule has 0 fully saturated rings. The summed E-state index contributed by atoms with van der Waals surface area (Å²) in [6.45, 7) is 5.84. The Morgan fingerprint density at radius 3 is 2.38 bits per heavy atom. The van der Waals surface area contributed by atoms with E-state index in [9.17, 15) is 4.79 Å². The van der Waals surface area contributed by atoms with Gasteiger partial charge < -0.3 is 5.11 Å². The molecule has 4 heteroatoms. The summed E-state index contributed by atoms with van der Waals surface area (Å²) in [5.41, 5.74) is 2.36. The standard InChI is InChI=1S/C17H20N2O2/c1-13(2)19(11-14-6-4-3-5-7-14)12-16-9-8-15(10-18-16)17(20)21/h3-10,13H,11-12H2,1-2H3,(H,20,21). The van der Waals surface area contributed by atoms with Gasteiger partial charge in [-0.3, -0.25) is 9.88 Å². The molecule has 4 nitrogen and oxygen atoms in total. The number of hydrogen-bond donors (Lipinski definition) is 1. The smallest absolute Gasteiger partial charge is 0.337 e. The predicted molar refractivity (Wildman–Crippen MR) is 82.0 cm³/mol. The zero-order valence-corrected chi connectivity index (χ0v) is 12.4. The maximum absolute atomic E-state index is 10.8. The van der Waals surface area contributed by atoms with E-state index in [4.69, 9.17) is 5.11 Å². The first-order valence-corrected chi connectivity index (χ1v) is 7.02. The zero-order chi connectivity index (χ0) is 15.2. The molecule has 0 bridgehead atoms. The second-order valence-corrected chi connectivity index (χ2v) is 5.33. The number of nitrogens with zero attached hydrogens (tertiary/aromatic N) is 2. The van der Waals surface area contributed by atoms with E-state index in [1.165, 1.54) is 11.8 Å². The van der Waals surface area contributed by atoms with Crippen LogP contribution in [-0.4, -0.2) is 27.0 Å². The number of aromatic carboxylic acids is 1. The number of rotatable bonds is 6. The molecule has 1 aromatic carbocycles. The van der Waals surface area contributed by atoms with Crippen LogP contribution in [-0.2, 0) is 13.1 Å². The molecule has 0 atom stereocenters. The highest BCUT2D eigenvalue weighted by Crippen LogP contribution is 2.12. The molecule has 0 aliphatic carbocycles. The van der Waals surface area contributed by atoms with E-state index in [-0.39, 0.29) is 5.56 Å². The summed E-state index contributed by atoms with van der Waals surface area (Å²) in [4.78, 5) is 17.4. The Labute approximate surface area is 125 Å². The van der Waals surface area contributed by atoms with Crippen molar-refractivity contribution < 1.29 is 9.90 Å². The van der Waals surface area contributed by atoms with Crippen molar-refractivity contribution in [2.75, 3.05) is 0 Å². The fourth-order valence-corrected chi connectivity index (χ4v) is 2.09. The second-order valence-electron chi connectivity index (χ2n) is 5.33. The molecule has 110 valence electrons. The first kappa shape index (κ1) is 15.2. The summed E-state index contributed by atoms with van der Waals surface area (Å²) < 4.78 is 0. The highest BCUT2D eigenvalue weighted by Gasteiger charge is 2.12. The number of benzene rings is 1. The topological polar surface area (TPSA) is 53.4 Å². The molecule has 0 spiro atoms. The van der Waals surface area contributed by atoms with Crippen molar-refractivity contribution in [1.29, 1.82) is 0 Å². The van der Waals surface area contributed by atoms with Crippen molar-refractivity contribution in [2.24, 2.45) is 0 Å². The van der Waals surface area contributed by atoms with Gasteiger partial charge in [-0.25, -0.2) is 4.79 Å². The van der Waals surface area contributed by atoms with Crippen LogP contribution in [0.3, 0.4) is 0 Å². The molecular weight excluding hydrogens is 264 g/mol. The number of carbonyl (C=O) groups is 1. The molecule has 2 rings (SSSR count). The van der Waals surface area contributed by atoms with Gasteiger partial charge in [0.1, 0.15) is 0 Å². The average Bonchev–Trinajstić information content (AvgIpc) is 2.48. The minimum atomic E-state index is -0.945. The molecule has 0 amide bonds. The Balaban J connectivity index is 2.07. The van der Waals surface area contributed by atoms with Gasteiger partial charge in [-0.1, -0.05) is 30.3 Å². The third kappa shape index (κ3) is 4.39. The molecule has 0 saturated heterocycles. The first-order valence-electron chi connectivity index (χ1n) is 7.02. The highest BCUT2D eigenvalue weighted by molar-refractivity contribution is 5.87. The van der Waals surface area contributed by atoms with Gasteiger partial charge in [0.05, 0.1) is 11.3 Å². The maximum Gasteiger partial charge on any atom is 0.337 e. The van der Waals surface area contributed by atoms with Crippen LogP contribution in [0.4, 0.5) is 0 Å². The molecule has 0 radical (unpaired) electrons. The fourth-order valence-electron chi connectivity index (χ4n) is 2.09. The van der Waals surface area contributed by atoms with Gasteiger partial charge in [0.15, 0.2) is 0 Å². The van der Waals surface area contributed by atoms with Crippen LogP contribution < -0.4 is 0 Å². The molecule has 0 saturated carbocycles. The van der Waals surface area contributed by atoms with Crippen LogP contribution in [0.25, 0.3) is 0 Å². The van der Waals surface area contributed by atoms with Gasteiger partial charge in [0.25, 0.3) is 0 Å². The van der Waals surface area contributed by atoms with Crippen LogP contribution in [0, 0.1) is 0 Å². The van der Waals surface area contributed by atoms with E-state index < -0.39 is 5.97 Å². The van der Waals surface area contributed by atoms with Gasteiger partial charge in [-0.05, 0) is 31.5 Å². The Kier molecular flexibility index (Phi) is 5.06. The summed E-state index contributed by atoms with van der Waals surface area (Å²) >= 11 is 0. The van der Waals surface area contributed by atoms with Crippen LogP contribution in [0.2, 0.25) is 0 Å². The third-order valence-electron chi connectivity index (χ3n) is 3.40. The summed E-state index contributed by atoms with van der Waals surface area (Å²) in [6, 6.07) is 14.1. The maximum atomic E-state index is 10.8. The number of pyridine rings is 1. The SMILES string of the molecule is CC(C)N(Cc1ccccc1)Cc1ccc(C(=O)O)cn1. The molecule has 0 unspecified atom stereocenters. The number of hydrogen-bond acceptors (Lipinski definition) is 3. The molecule has 1 aromatic heterocycles. The number of carboxylic acid groups (broad SMARTS) is 1. The van der Waals surface area contributed by atoms with Crippen molar-refractivity contribution in [2.45, 2.75) is 33.0 Å². The lowest BCUT2D eigenvalue weighted by Crippen LogP contribution is -2.30. The van der Waals surface area contributed by atoms with E-state index in [1.807, 2.05) is 18.2 Å². The fraction of sp³-hybridized carbons (Fsp3) is 0.294. The Hall–Kier alpha value is -2.20. The molecule has 1 N–H and O–H groups in total. The van der Waals surface area contributed by atoms with E-state index in [0.29, 0.717) is 12.6 Å². The van der Waals surface area contributed by atoms with Gasteiger partial charge in [-0.2, -0.15) is 0 Å². The quantitative estimate of drug-likeness (QED) is 0.885. The molecule has 1 heterocycles. The number of aromatic nitrogens is 1. The Morgan fingerprint density at radius 1 is 1.14 bits per heavy atom. The van der Waals surface area contributed by atoms with Crippen LogP contribution >= 0.6 is 0 Å². The lowest BCUT2D eigenvalue weighted by Gasteiger charge is -2.26. The minimum absolute atomic E-state index is 0.220. The normalized spacial score (nSPS) is 11.0. The largest absolute Gasteiger partial charge is 0.478 e. The van der Waals surface area contributed by atoms with Crippen molar-refractivity contribution in [1.82, 2.24) is 9.88 Å². The summed E-state index contributed by atoms with van der Waals surface area (Å²) in [7, 11) is 0. The Morgan fingerprint density at radius 2 is 1.86 bits per heavy atom. The molecular formula is C17H20N2O2. The third-order valence-corrected chi connectivity index (χ3v) is 3.40. The molecule has 0 aliphatic heterocycles. The van der Waals surface area contributed by atoms with E-state index in [1.54, 1.807) is 12.1 Å². The number of carboxylic acids is 1. The van der Waals surface area contributed by atoms with Crippen molar-refractivity contribution in [3.05, 3.63) is 65.5 Å². The minimum Gasteiger partial charge on any atom is -0.478 e. The van der Waals surface area contributed by atoms with E-state index >= 15 is 0 Å². The average molecular weight is 284 g/mol. The van der Waals surface area contributed by atoms with E-state index in [0.717, 1.165) is 12.2 Å². The molecule has 2 aromatic rings. The lowest BCUT2D eigenvalue weighted by molar-refractivity contribution is 0.0696. The van der Waals surface area contributed by atoms with Crippen LogP contribution in [0.15, 0.2) is 48.7 Å². The van der Waals surface area contributed by atoms with Crippen molar-refractivity contribution in [3.8, 4) is 0 Å². The van der Waals surface area contributed by atoms with E-state index in [2.05, 4.69) is 35.9 Å². The zero-order valence-electron chi connectivity index (χ0n) is 12.4.